The summed E-state index contributed by atoms with van der Waals surface area (Å²) in [4.78, 5) is 16.3. The van der Waals surface area contributed by atoms with Gasteiger partial charge in [-0.25, -0.2) is 10.8 Å². The molecule has 100 valence electrons. The Morgan fingerprint density at radius 2 is 2.06 bits per heavy atom. The Morgan fingerprint density at radius 1 is 1.39 bits per heavy atom. The lowest BCUT2D eigenvalue weighted by atomic mass is 9.98. The number of imidazole rings is 1. The third-order valence-electron chi connectivity index (χ3n) is 4.03. The fourth-order valence-corrected chi connectivity index (χ4v) is 2.81. The monoisotopic (exact) mass is 250 g/mol. The summed E-state index contributed by atoms with van der Waals surface area (Å²) in [6.45, 7) is 5.98. The van der Waals surface area contributed by atoms with Crippen molar-refractivity contribution in [2.24, 2.45) is 11.8 Å². The number of carbonyl (C=O) groups is 1. The molecule has 2 atom stereocenters. The minimum atomic E-state index is -0.158. The van der Waals surface area contributed by atoms with Crippen LogP contribution in [0.4, 0.5) is 0 Å². The number of hydrazine groups is 1. The molecule has 1 aliphatic rings. The van der Waals surface area contributed by atoms with Crippen LogP contribution in [0.1, 0.15) is 49.9 Å². The molecule has 5 heteroatoms. The van der Waals surface area contributed by atoms with E-state index < -0.39 is 0 Å². The molecule has 0 saturated carbocycles. The van der Waals surface area contributed by atoms with E-state index in [1.54, 1.807) is 0 Å². The fraction of sp³-hybridized carbons (Fsp3) is 0.692. The molecule has 3 N–H and O–H groups in total. The molecule has 1 aromatic heterocycles. The Bertz CT molecular complexity index is 452. The maximum Gasteiger partial charge on any atom is 0.238 e. The van der Waals surface area contributed by atoms with Gasteiger partial charge in [0.25, 0.3) is 0 Å². The Kier molecular flexibility index (Phi) is 3.71. The third-order valence-corrected chi connectivity index (χ3v) is 4.03. The topological polar surface area (TPSA) is 72.9 Å². The zero-order valence-corrected chi connectivity index (χ0v) is 11.4. The number of rotatable bonds is 3. The average Bonchev–Trinajstić information content (AvgIpc) is 2.71. The smallest absolute Gasteiger partial charge is 0.238 e. The van der Waals surface area contributed by atoms with Crippen molar-refractivity contribution in [2.45, 2.75) is 52.5 Å². The van der Waals surface area contributed by atoms with E-state index in [9.17, 15) is 4.79 Å². The van der Waals surface area contributed by atoms with E-state index in [0.717, 1.165) is 18.7 Å². The predicted octanol–water partition coefficient (Wildman–Crippen LogP) is 1.26. The molecule has 0 aliphatic heterocycles. The molecule has 0 fully saturated rings. The van der Waals surface area contributed by atoms with E-state index in [0.29, 0.717) is 0 Å². The van der Waals surface area contributed by atoms with Gasteiger partial charge in [0.15, 0.2) is 0 Å². The van der Waals surface area contributed by atoms with Crippen LogP contribution in [-0.4, -0.2) is 15.5 Å². The van der Waals surface area contributed by atoms with Crippen molar-refractivity contribution in [3.63, 3.8) is 0 Å². The molecule has 1 amide bonds. The highest BCUT2D eigenvalue weighted by Gasteiger charge is 2.27. The molecule has 0 radical (unpaired) electrons. The predicted molar refractivity (Wildman–Crippen MR) is 69.8 cm³/mol. The van der Waals surface area contributed by atoms with Crippen LogP contribution in [0, 0.1) is 12.8 Å². The van der Waals surface area contributed by atoms with Gasteiger partial charge < -0.3 is 4.57 Å². The summed E-state index contributed by atoms with van der Waals surface area (Å²) in [5.74, 6) is 5.94. The summed E-state index contributed by atoms with van der Waals surface area (Å²) in [5, 5.41) is 0. The number of aryl methyl sites for hydroxylation is 2. The van der Waals surface area contributed by atoms with Crippen molar-refractivity contribution >= 4 is 5.91 Å². The lowest BCUT2D eigenvalue weighted by molar-refractivity contribution is -0.125. The highest BCUT2D eigenvalue weighted by Crippen LogP contribution is 2.28. The molecule has 1 aromatic rings. The Morgan fingerprint density at radius 3 is 2.72 bits per heavy atom. The normalized spacial score (nSPS) is 18.0. The average molecular weight is 250 g/mol. The second kappa shape index (κ2) is 5.10. The zero-order valence-electron chi connectivity index (χ0n) is 11.4. The summed E-state index contributed by atoms with van der Waals surface area (Å²) in [5.41, 5.74) is 4.76. The van der Waals surface area contributed by atoms with Crippen molar-refractivity contribution in [1.29, 1.82) is 0 Å². The molecule has 18 heavy (non-hydrogen) atoms. The van der Waals surface area contributed by atoms with E-state index in [1.807, 2.05) is 13.8 Å². The van der Waals surface area contributed by atoms with E-state index in [2.05, 4.69) is 21.9 Å². The lowest BCUT2D eigenvalue weighted by Gasteiger charge is -2.24. The van der Waals surface area contributed by atoms with Gasteiger partial charge in [0.1, 0.15) is 5.82 Å². The SMILES string of the molecule is Cc1nc2c(n1C(C)C(C)C(=O)NN)CCCC2. The molecule has 0 bridgehead atoms. The fourth-order valence-electron chi connectivity index (χ4n) is 2.81. The molecule has 1 aliphatic carbocycles. The Labute approximate surface area is 108 Å². The molecule has 2 rings (SSSR count). The first kappa shape index (κ1) is 13.1. The van der Waals surface area contributed by atoms with Crippen molar-refractivity contribution in [1.82, 2.24) is 15.0 Å². The van der Waals surface area contributed by atoms with Gasteiger partial charge in [-0.15, -0.1) is 0 Å². The highest BCUT2D eigenvalue weighted by atomic mass is 16.2. The van der Waals surface area contributed by atoms with Gasteiger partial charge in [0.2, 0.25) is 5.91 Å². The number of nitrogens with two attached hydrogens (primary N) is 1. The minimum Gasteiger partial charge on any atom is -0.328 e. The number of aromatic nitrogens is 2. The van der Waals surface area contributed by atoms with Gasteiger partial charge in [-0.2, -0.15) is 0 Å². The molecule has 0 aromatic carbocycles. The van der Waals surface area contributed by atoms with Crippen LogP contribution in [0.3, 0.4) is 0 Å². The first-order chi connectivity index (χ1) is 8.56. The maximum atomic E-state index is 11.7. The number of carbonyl (C=O) groups excluding carboxylic acids is 1. The molecule has 0 saturated heterocycles. The summed E-state index contributed by atoms with van der Waals surface area (Å²) in [6, 6.07) is 0.0860. The standard InChI is InChI=1S/C13H22N4O/c1-8(13(18)16-14)9(2)17-10(3)15-11-6-4-5-7-12(11)17/h8-9H,4-7,14H2,1-3H3,(H,16,18). The van der Waals surface area contributed by atoms with Crippen LogP contribution in [-0.2, 0) is 17.6 Å². The molecule has 1 heterocycles. The second-order valence-corrected chi connectivity index (χ2v) is 5.17. The third kappa shape index (κ3) is 2.14. The number of hydrogen-bond acceptors (Lipinski definition) is 3. The number of fused-ring (bicyclic) bond motifs is 1. The maximum absolute atomic E-state index is 11.7. The van der Waals surface area contributed by atoms with E-state index in [1.165, 1.54) is 24.2 Å². The summed E-state index contributed by atoms with van der Waals surface area (Å²) >= 11 is 0. The Hall–Kier alpha value is -1.36. The van der Waals surface area contributed by atoms with Crippen LogP contribution in [0.15, 0.2) is 0 Å². The van der Waals surface area contributed by atoms with E-state index in [-0.39, 0.29) is 17.9 Å². The zero-order chi connectivity index (χ0) is 13.3. The van der Waals surface area contributed by atoms with Gasteiger partial charge in [-0.3, -0.25) is 10.2 Å². The molecule has 0 spiro atoms. The van der Waals surface area contributed by atoms with Gasteiger partial charge in [0.05, 0.1) is 11.6 Å². The summed E-state index contributed by atoms with van der Waals surface area (Å²) in [7, 11) is 0. The number of amides is 1. The quantitative estimate of drug-likeness (QED) is 0.482. The van der Waals surface area contributed by atoms with Crippen molar-refractivity contribution < 1.29 is 4.79 Å². The lowest BCUT2D eigenvalue weighted by Crippen LogP contribution is -2.38. The van der Waals surface area contributed by atoms with Crippen LogP contribution >= 0.6 is 0 Å². The van der Waals surface area contributed by atoms with Crippen molar-refractivity contribution in [3.05, 3.63) is 17.2 Å². The summed E-state index contributed by atoms with van der Waals surface area (Å²) in [6.07, 6.45) is 4.56. The number of nitrogens with one attached hydrogen (secondary N) is 1. The van der Waals surface area contributed by atoms with Gasteiger partial charge >= 0.3 is 0 Å². The van der Waals surface area contributed by atoms with Gasteiger partial charge in [-0.1, -0.05) is 6.92 Å². The van der Waals surface area contributed by atoms with E-state index >= 15 is 0 Å². The number of nitrogens with zero attached hydrogens (tertiary/aromatic N) is 2. The molecule has 2 unspecified atom stereocenters. The first-order valence-electron chi connectivity index (χ1n) is 6.63. The number of hydrogen-bond donors (Lipinski definition) is 2. The van der Waals surface area contributed by atoms with Crippen LogP contribution in [0.2, 0.25) is 0 Å². The highest BCUT2D eigenvalue weighted by molar-refractivity contribution is 5.78. The van der Waals surface area contributed by atoms with Crippen molar-refractivity contribution in [2.75, 3.05) is 0 Å². The van der Waals surface area contributed by atoms with Crippen LogP contribution < -0.4 is 11.3 Å². The van der Waals surface area contributed by atoms with Crippen molar-refractivity contribution in [3.8, 4) is 0 Å². The largest absolute Gasteiger partial charge is 0.328 e. The van der Waals surface area contributed by atoms with E-state index in [4.69, 9.17) is 5.84 Å². The first-order valence-corrected chi connectivity index (χ1v) is 6.63. The molecular weight excluding hydrogens is 228 g/mol. The molecular formula is C13H22N4O. The van der Waals surface area contributed by atoms with Gasteiger partial charge in [-0.05, 0) is 39.5 Å². The Balaban J connectivity index is 2.32. The van der Waals surface area contributed by atoms with Crippen LogP contribution in [0.25, 0.3) is 0 Å². The van der Waals surface area contributed by atoms with Gasteiger partial charge in [0, 0.05) is 11.7 Å². The summed E-state index contributed by atoms with van der Waals surface area (Å²) < 4.78 is 2.22. The van der Waals surface area contributed by atoms with Crippen LogP contribution in [0.5, 0.6) is 0 Å². The second-order valence-electron chi connectivity index (χ2n) is 5.17. The minimum absolute atomic E-state index is 0.0860. The molecule has 5 nitrogen and oxygen atoms in total.